The van der Waals surface area contributed by atoms with Crippen LogP contribution in [0.1, 0.15) is 11.1 Å². The summed E-state index contributed by atoms with van der Waals surface area (Å²) >= 11 is 5.05. The Morgan fingerprint density at radius 2 is 1.69 bits per heavy atom. The molecule has 158 valence electrons. The van der Waals surface area contributed by atoms with Gasteiger partial charge in [-0.25, -0.2) is 4.98 Å². The molecule has 0 spiro atoms. The molecule has 0 bridgehead atoms. The topological polar surface area (TPSA) is 50.7 Å². The molecule has 4 nitrogen and oxygen atoms in total. The Bertz CT molecular complexity index is 1440. The Hall–Kier alpha value is -3.09. The minimum atomic E-state index is -0.0978. The molecular weight excluding hydrogens is 482 g/mol. The Morgan fingerprint density at radius 1 is 0.969 bits per heavy atom. The van der Waals surface area contributed by atoms with Crippen molar-refractivity contribution in [3.8, 4) is 16.8 Å². The number of thioether (sulfide) groups is 1. The molecule has 6 heteroatoms. The quantitative estimate of drug-likeness (QED) is 0.214. The van der Waals surface area contributed by atoms with Gasteiger partial charge in [-0.15, -0.1) is 0 Å². The molecule has 0 saturated heterocycles. The number of hydrogen-bond donors (Lipinski definition) is 1. The van der Waals surface area contributed by atoms with Gasteiger partial charge in [0.05, 0.1) is 5.69 Å². The zero-order chi connectivity index (χ0) is 22.1. The average Bonchev–Trinajstić information content (AvgIpc) is 3.24. The number of fused-ring (bicyclic) bond motifs is 1. The van der Waals surface area contributed by atoms with Crippen LogP contribution >= 0.6 is 27.7 Å². The first-order chi connectivity index (χ1) is 15.6. The Balaban J connectivity index is 1.66. The number of aromatic amines is 1. The molecule has 0 atom stereocenters. The van der Waals surface area contributed by atoms with Gasteiger partial charge in [-0.2, -0.15) is 0 Å². The fraction of sp³-hybridized carbons (Fsp3) is 0.0769. The molecular formula is C26H20BrN3OS. The molecule has 2 heterocycles. The normalized spacial score (nSPS) is 11.2. The molecule has 0 aliphatic rings. The van der Waals surface area contributed by atoms with E-state index >= 15 is 0 Å². The van der Waals surface area contributed by atoms with Gasteiger partial charge in [-0.3, -0.25) is 9.36 Å². The first-order valence-electron chi connectivity index (χ1n) is 10.2. The van der Waals surface area contributed by atoms with E-state index < -0.39 is 0 Å². The lowest BCUT2D eigenvalue weighted by Gasteiger charge is -2.13. The molecule has 0 amide bonds. The maximum absolute atomic E-state index is 13.6. The van der Waals surface area contributed by atoms with Gasteiger partial charge in [-0.1, -0.05) is 87.9 Å². The smallest absolute Gasteiger partial charge is 0.283 e. The van der Waals surface area contributed by atoms with Crippen LogP contribution in [0.15, 0.2) is 99.5 Å². The lowest BCUT2D eigenvalue weighted by Crippen LogP contribution is -2.21. The summed E-state index contributed by atoms with van der Waals surface area (Å²) in [5, 5.41) is 0.672. The summed E-state index contributed by atoms with van der Waals surface area (Å²) in [5.41, 5.74) is 6.19. The number of halogens is 1. The third-order valence-electron chi connectivity index (χ3n) is 5.33. The molecule has 0 unspecified atom stereocenters. The van der Waals surface area contributed by atoms with Crippen molar-refractivity contribution in [2.75, 3.05) is 0 Å². The van der Waals surface area contributed by atoms with E-state index in [1.807, 2.05) is 79.9 Å². The minimum Gasteiger partial charge on any atom is -0.355 e. The van der Waals surface area contributed by atoms with Crippen LogP contribution in [-0.4, -0.2) is 14.5 Å². The first kappa shape index (κ1) is 20.8. The van der Waals surface area contributed by atoms with Gasteiger partial charge in [0.2, 0.25) is 0 Å². The summed E-state index contributed by atoms with van der Waals surface area (Å²) in [5.74, 6) is 0.710. The van der Waals surface area contributed by atoms with Crippen molar-refractivity contribution >= 4 is 38.7 Å². The van der Waals surface area contributed by atoms with E-state index in [0.29, 0.717) is 21.9 Å². The van der Waals surface area contributed by atoms with E-state index in [-0.39, 0.29) is 5.56 Å². The SMILES string of the molecule is Cc1ccc(-n2c(SCc3ccc(Br)cc3)nc3c(-c4ccccc4)c[nH]c3c2=O)cc1. The lowest BCUT2D eigenvalue weighted by molar-refractivity contribution is 0.818. The summed E-state index contributed by atoms with van der Waals surface area (Å²) in [6.45, 7) is 2.04. The standard InChI is InChI=1S/C26H20BrN3OS/c1-17-7-13-21(14-8-17)30-25(31)24-23(22(15-28-24)19-5-3-2-4-6-19)29-26(30)32-16-18-9-11-20(27)12-10-18/h2-15,28H,16H2,1H3. The number of aryl methyl sites for hydroxylation is 1. The van der Waals surface area contributed by atoms with E-state index in [1.165, 1.54) is 5.56 Å². The highest BCUT2D eigenvalue weighted by Crippen LogP contribution is 2.30. The van der Waals surface area contributed by atoms with Crippen LogP contribution in [0.2, 0.25) is 0 Å². The molecule has 0 radical (unpaired) electrons. The Morgan fingerprint density at radius 3 is 2.41 bits per heavy atom. The Labute approximate surface area is 198 Å². The van der Waals surface area contributed by atoms with Crippen LogP contribution < -0.4 is 5.56 Å². The zero-order valence-electron chi connectivity index (χ0n) is 17.4. The monoisotopic (exact) mass is 501 g/mol. The van der Waals surface area contributed by atoms with Crippen LogP contribution in [0.3, 0.4) is 0 Å². The summed E-state index contributed by atoms with van der Waals surface area (Å²) in [6, 6.07) is 26.2. The van der Waals surface area contributed by atoms with Gasteiger partial charge in [0.15, 0.2) is 5.16 Å². The summed E-state index contributed by atoms with van der Waals surface area (Å²) in [4.78, 5) is 21.8. The number of aromatic nitrogens is 3. The molecule has 0 aliphatic heterocycles. The number of nitrogens with zero attached hydrogens (tertiary/aromatic N) is 2. The van der Waals surface area contributed by atoms with E-state index in [9.17, 15) is 4.79 Å². The largest absolute Gasteiger partial charge is 0.355 e. The van der Waals surface area contributed by atoms with Crippen LogP contribution in [0.25, 0.3) is 27.8 Å². The lowest BCUT2D eigenvalue weighted by atomic mass is 10.1. The molecule has 5 aromatic rings. The molecule has 0 fully saturated rings. The summed E-state index contributed by atoms with van der Waals surface area (Å²) in [7, 11) is 0. The highest BCUT2D eigenvalue weighted by molar-refractivity contribution is 9.10. The van der Waals surface area contributed by atoms with E-state index in [1.54, 1.807) is 16.3 Å². The maximum Gasteiger partial charge on any atom is 0.283 e. The zero-order valence-corrected chi connectivity index (χ0v) is 19.8. The highest BCUT2D eigenvalue weighted by atomic mass is 79.9. The molecule has 2 aromatic heterocycles. The van der Waals surface area contributed by atoms with Crippen molar-refractivity contribution in [1.82, 2.24) is 14.5 Å². The van der Waals surface area contributed by atoms with Crippen molar-refractivity contribution in [3.05, 3.63) is 111 Å². The van der Waals surface area contributed by atoms with Crippen molar-refractivity contribution in [1.29, 1.82) is 0 Å². The number of H-pyrrole nitrogens is 1. The van der Waals surface area contributed by atoms with Crippen LogP contribution in [-0.2, 0) is 5.75 Å². The maximum atomic E-state index is 13.6. The molecule has 0 aliphatic carbocycles. The van der Waals surface area contributed by atoms with E-state index in [2.05, 4.69) is 33.0 Å². The molecule has 3 aromatic carbocycles. The van der Waals surface area contributed by atoms with Crippen molar-refractivity contribution in [3.63, 3.8) is 0 Å². The van der Waals surface area contributed by atoms with Crippen LogP contribution in [0, 0.1) is 6.92 Å². The molecule has 32 heavy (non-hydrogen) atoms. The van der Waals surface area contributed by atoms with Gasteiger partial charge in [0, 0.05) is 22.0 Å². The van der Waals surface area contributed by atoms with Crippen molar-refractivity contribution in [2.24, 2.45) is 0 Å². The third kappa shape index (κ3) is 4.04. The minimum absolute atomic E-state index is 0.0978. The average molecular weight is 502 g/mol. The fourth-order valence-electron chi connectivity index (χ4n) is 3.62. The number of hydrogen-bond acceptors (Lipinski definition) is 3. The second-order valence-corrected chi connectivity index (χ2v) is 9.44. The fourth-order valence-corrected chi connectivity index (χ4v) is 4.85. The van der Waals surface area contributed by atoms with E-state index in [0.717, 1.165) is 26.9 Å². The van der Waals surface area contributed by atoms with Gasteiger partial charge < -0.3 is 4.98 Å². The second-order valence-electron chi connectivity index (χ2n) is 7.58. The Kier molecular flexibility index (Phi) is 5.72. The third-order valence-corrected chi connectivity index (χ3v) is 6.87. The molecule has 0 saturated carbocycles. The number of nitrogens with one attached hydrogen (secondary N) is 1. The van der Waals surface area contributed by atoms with Gasteiger partial charge in [0.25, 0.3) is 5.56 Å². The number of benzene rings is 3. The van der Waals surface area contributed by atoms with Gasteiger partial charge in [-0.05, 0) is 42.3 Å². The number of rotatable bonds is 5. The molecule has 1 N–H and O–H groups in total. The van der Waals surface area contributed by atoms with Crippen molar-refractivity contribution in [2.45, 2.75) is 17.8 Å². The van der Waals surface area contributed by atoms with Gasteiger partial charge >= 0.3 is 0 Å². The first-order valence-corrected chi connectivity index (χ1v) is 12.0. The summed E-state index contributed by atoms with van der Waals surface area (Å²) < 4.78 is 2.75. The van der Waals surface area contributed by atoms with Crippen LogP contribution in [0.5, 0.6) is 0 Å². The van der Waals surface area contributed by atoms with E-state index in [4.69, 9.17) is 4.98 Å². The second kappa shape index (κ2) is 8.81. The van der Waals surface area contributed by atoms with Gasteiger partial charge in [0.1, 0.15) is 11.0 Å². The molecule has 5 rings (SSSR count). The predicted molar refractivity (Wildman–Crippen MR) is 136 cm³/mol. The predicted octanol–water partition coefficient (Wildman–Crippen LogP) is 6.74. The van der Waals surface area contributed by atoms with Crippen LogP contribution in [0.4, 0.5) is 0 Å². The van der Waals surface area contributed by atoms with Crippen molar-refractivity contribution < 1.29 is 0 Å². The highest BCUT2D eigenvalue weighted by Gasteiger charge is 2.18. The summed E-state index contributed by atoms with van der Waals surface area (Å²) in [6.07, 6.45) is 1.87.